The van der Waals surface area contributed by atoms with Crippen molar-refractivity contribution in [2.75, 3.05) is 0 Å². The predicted octanol–water partition coefficient (Wildman–Crippen LogP) is 3.79. The standard InChI is InChI=1S/C17H21FN2/c1-3-6-13-7-5-8-14(11-13)17(19,4-2)16-10-9-15(18)12-20-16/h5,7-12H,3-4,6,19H2,1-2H3. The number of hydrogen-bond acceptors (Lipinski definition) is 2. The zero-order valence-electron chi connectivity index (χ0n) is 12.1. The van der Waals surface area contributed by atoms with Crippen LogP contribution in [0.25, 0.3) is 0 Å². The Morgan fingerprint density at radius 2 is 2.00 bits per heavy atom. The average molecular weight is 272 g/mol. The zero-order valence-corrected chi connectivity index (χ0v) is 12.1. The summed E-state index contributed by atoms with van der Waals surface area (Å²) < 4.78 is 13.0. The van der Waals surface area contributed by atoms with Crippen LogP contribution < -0.4 is 5.73 Å². The first-order chi connectivity index (χ1) is 9.60. The molecular weight excluding hydrogens is 251 g/mol. The van der Waals surface area contributed by atoms with Crippen molar-refractivity contribution in [3.63, 3.8) is 0 Å². The van der Waals surface area contributed by atoms with Crippen molar-refractivity contribution in [2.24, 2.45) is 5.73 Å². The first-order valence-corrected chi connectivity index (χ1v) is 7.10. The molecule has 3 heteroatoms. The van der Waals surface area contributed by atoms with Crippen molar-refractivity contribution in [1.29, 1.82) is 0 Å². The van der Waals surface area contributed by atoms with Crippen LogP contribution in [0.4, 0.5) is 4.39 Å². The number of hydrogen-bond donors (Lipinski definition) is 1. The quantitative estimate of drug-likeness (QED) is 0.899. The van der Waals surface area contributed by atoms with Gasteiger partial charge >= 0.3 is 0 Å². The molecule has 2 rings (SSSR count). The summed E-state index contributed by atoms with van der Waals surface area (Å²) in [6.07, 6.45) is 4.07. The van der Waals surface area contributed by atoms with Gasteiger partial charge in [0.2, 0.25) is 0 Å². The molecular formula is C17H21FN2. The van der Waals surface area contributed by atoms with Crippen molar-refractivity contribution >= 4 is 0 Å². The highest BCUT2D eigenvalue weighted by atomic mass is 19.1. The number of nitrogens with two attached hydrogens (primary N) is 1. The Balaban J connectivity index is 2.44. The lowest BCUT2D eigenvalue weighted by Crippen LogP contribution is -2.38. The molecule has 1 unspecified atom stereocenters. The van der Waals surface area contributed by atoms with E-state index in [1.165, 1.54) is 17.8 Å². The normalized spacial score (nSPS) is 14.0. The van der Waals surface area contributed by atoms with E-state index in [2.05, 4.69) is 24.0 Å². The van der Waals surface area contributed by atoms with Gasteiger partial charge in [-0.05, 0) is 36.1 Å². The van der Waals surface area contributed by atoms with Crippen molar-refractivity contribution in [3.8, 4) is 0 Å². The highest BCUT2D eigenvalue weighted by Gasteiger charge is 2.29. The fraction of sp³-hybridized carbons (Fsp3) is 0.353. The molecule has 0 fully saturated rings. The van der Waals surface area contributed by atoms with E-state index in [0.717, 1.165) is 18.4 Å². The molecule has 1 aromatic heterocycles. The van der Waals surface area contributed by atoms with Crippen LogP contribution in [0.3, 0.4) is 0 Å². The van der Waals surface area contributed by atoms with Crippen LogP contribution >= 0.6 is 0 Å². The van der Waals surface area contributed by atoms with Crippen molar-refractivity contribution in [1.82, 2.24) is 4.98 Å². The Morgan fingerprint density at radius 1 is 1.20 bits per heavy atom. The average Bonchev–Trinajstić information content (AvgIpc) is 2.48. The van der Waals surface area contributed by atoms with Gasteiger partial charge in [-0.1, -0.05) is 44.5 Å². The number of aromatic nitrogens is 1. The summed E-state index contributed by atoms with van der Waals surface area (Å²) in [6, 6.07) is 11.4. The molecule has 0 aliphatic carbocycles. The minimum Gasteiger partial charge on any atom is -0.316 e. The number of nitrogens with zero attached hydrogens (tertiary/aromatic N) is 1. The van der Waals surface area contributed by atoms with E-state index in [4.69, 9.17) is 5.73 Å². The van der Waals surface area contributed by atoms with Gasteiger partial charge in [0.25, 0.3) is 0 Å². The molecule has 0 bridgehead atoms. The third-order valence-electron chi connectivity index (χ3n) is 3.72. The first kappa shape index (κ1) is 14.7. The summed E-state index contributed by atoms with van der Waals surface area (Å²) in [5, 5.41) is 0. The summed E-state index contributed by atoms with van der Waals surface area (Å²) in [4.78, 5) is 4.17. The number of rotatable bonds is 5. The summed E-state index contributed by atoms with van der Waals surface area (Å²) in [7, 11) is 0. The molecule has 1 atom stereocenters. The third-order valence-corrected chi connectivity index (χ3v) is 3.72. The first-order valence-electron chi connectivity index (χ1n) is 7.10. The van der Waals surface area contributed by atoms with Gasteiger partial charge in [-0.15, -0.1) is 0 Å². The Morgan fingerprint density at radius 3 is 2.60 bits per heavy atom. The fourth-order valence-corrected chi connectivity index (χ4v) is 2.47. The van der Waals surface area contributed by atoms with Crippen molar-refractivity contribution < 1.29 is 4.39 Å². The third kappa shape index (κ3) is 2.88. The number of pyridine rings is 1. The van der Waals surface area contributed by atoms with E-state index in [9.17, 15) is 4.39 Å². The molecule has 2 N–H and O–H groups in total. The molecule has 0 aliphatic heterocycles. The lowest BCUT2D eigenvalue weighted by atomic mass is 9.83. The Kier molecular flexibility index (Phi) is 4.50. The van der Waals surface area contributed by atoms with Gasteiger partial charge in [0, 0.05) is 0 Å². The Bertz CT molecular complexity index is 565. The largest absolute Gasteiger partial charge is 0.316 e. The number of halogens is 1. The Hall–Kier alpha value is -1.74. The lowest BCUT2D eigenvalue weighted by molar-refractivity contribution is 0.498. The van der Waals surface area contributed by atoms with Crippen molar-refractivity contribution in [3.05, 3.63) is 65.2 Å². The topological polar surface area (TPSA) is 38.9 Å². The van der Waals surface area contributed by atoms with Crippen LogP contribution in [0.2, 0.25) is 0 Å². The maximum Gasteiger partial charge on any atom is 0.141 e. The van der Waals surface area contributed by atoms with Gasteiger partial charge in [-0.2, -0.15) is 0 Å². The molecule has 0 spiro atoms. The molecule has 2 aromatic rings. The van der Waals surface area contributed by atoms with E-state index in [-0.39, 0.29) is 5.82 Å². The van der Waals surface area contributed by atoms with Crippen molar-refractivity contribution in [2.45, 2.75) is 38.6 Å². The minimum absolute atomic E-state index is 0.341. The van der Waals surface area contributed by atoms with Crippen LogP contribution in [0.1, 0.15) is 43.5 Å². The van der Waals surface area contributed by atoms with Gasteiger partial charge in [0.1, 0.15) is 5.82 Å². The van der Waals surface area contributed by atoms with E-state index in [1.807, 2.05) is 19.1 Å². The van der Waals surface area contributed by atoms with E-state index < -0.39 is 5.54 Å². The highest BCUT2D eigenvalue weighted by molar-refractivity contribution is 5.36. The van der Waals surface area contributed by atoms with Gasteiger partial charge in [-0.25, -0.2) is 4.39 Å². The summed E-state index contributed by atoms with van der Waals surface area (Å²) in [6.45, 7) is 4.18. The van der Waals surface area contributed by atoms with Crippen LogP contribution in [0, 0.1) is 5.82 Å². The van der Waals surface area contributed by atoms with Gasteiger partial charge in [0.15, 0.2) is 0 Å². The minimum atomic E-state index is -0.669. The predicted molar refractivity (Wildman–Crippen MR) is 79.9 cm³/mol. The zero-order chi connectivity index (χ0) is 14.6. The highest BCUT2D eigenvalue weighted by Crippen LogP contribution is 2.29. The lowest BCUT2D eigenvalue weighted by Gasteiger charge is -2.28. The van der Waals surface area contributed by atoms with E-state index in [1.54, 1.807) is 6.07 Å². The second-order valence-corrected chi connectivity index (χ2v) is 5.14. The molecule has 106 valence electrons. The molecule has 0 saturated carbocycles. The maximum absolute atomic E-state index is 13.0. The number of aryl methyl sites for hydroxylation is 1. The summed E-state index contributed by atoms with van der Waals surface area (Å²) >= 11 is 0. The molecule has 0 radical (unpaired) electrons. The maximum atomic E-state index is 13.0. The molecule has 20 heavy (non-hydrogen) atoms. The molecule has 0 aliphatic rings. The van der Waals surface area contributed by atoms with Gasteiger partial charge < -0.3 is 5.73 Å². The monoisotopic (exact) mass is 272 g/mol. The van der Waals surface area contributed by atoms with Crippen LogP contribution in [0.15, 0.2) is 42.6 Å². The summed E-state index contributed by atoms with van der Waals surface area (Å²) in [5.41, 5.74) is 8.91. The molecule has 2 nitrogen and oxygen atoms in total. The van der Waals surface area contributed by atoms with Gasteiger partial charge in [0.05, 0.1) is 17.4 Å². The van der Waals surface area contributed by atoms with Crippen LogP contribution in [-0.4, -0.2) is 4.98 Å². The van der Waals surface area contributed by atoms with E-state index in [0.29, 0.717) is 12.1 Å². The molecule has 0 saturated heterocycles. The fourth-order valence-electron chi connectivity index (χ4n) is 2.47. The SMILES string of the molecule is CCCc1cccc(C(N)(CC)c2ccc(F)cn2)c1. The molecule has 0 amide bonds. The second-order valence-electron chi connectivity index (χ2n) is 5.14. The second kappa shape index (κ2) is 6.14. The van der Waals surface area contributed by atoms with Crippen LogP contribution in [0.5, 0.6) is 0 Å². The molecule has 1 aromatic carbocycles. The molecule has 1 heterocycles. The summed E-state index contributed by atoms with van der Waals surface area (Å²) in [5.74, 6) is -0.341. The number of benzene rings is 1. The van der Waals surface area contributed by atoms with E-state index >= 15 is 0 Å². The van der Waals surface area contributed by atoms with Crippen LogP contribution in [-0.2, 0) is 12.0 Å². The Labute approximate surface area is 119 Å². The smallest absolute Gasteiger partial charge is 0.141 e. The van der Waals surface area contributed by atoms with Gasteiger partial charge in [-0.3, -0.25) is 4.98 Å².